The summed E-state index contributed by atoms with van der Waals surface area (Å²) in [6.07, 6.45) is 3.98. The zero-order valence-corrected chi connectivity index (χ0v) is 15.6. The Morgan fingerprint density at radius 1 is 1.35 bits per heavy atom. The van der Waals surface area contributed by atoms with Crippen molar-refractivity contribution in [2.45, 2.75) is 32.7 Å². The van der Waals surface area contributed by atoms with Gasteiger partial charge in [-0.05, 0) is 69.4 Å². The van der Waals surface area contributed by atoms with Crippen LogP contribution in [-0.4, -0.2) is 11.5 Å². The lowest BCUT2D eigenvalue weighted by Gasteiger charge is -2.16. The first kappa shape index (κ1) is 16.1. The summed E-state index contributed by atoms with van der Waals surface area (Å²) in [5, 5.41) is 3.62. The predicted octanol–water partition coefficient (Wildman–Crippen LogP) is 5.26. The maximum Gasteiger partial charge on any atom is 0.0843 e. The number of aryl methyl sites for hydroxylation is 1. The van der Waals surface area contributed by atoms with Gasteiger partial charge in [-0.25, -0.2) is 0 Å². The Hall–Kier alpha value is -0.230. The molecular weight excluding hydrogens is 400 g/mol. The molecule has 0 saturated carbocycles. The highest BCUT2D eigenvalue weighted by molar-refractivity contribution is 9.13. The van der Waals surface area contributed by atoms with E-state index in [0.29, 0.717) is 6.04 Å². The third-order valence-corrected chi connectivity index (χ3v) is 6.40. The SMILES string of the molecule is CCCNC(Cc1ccc(C)cn1)c1cc(Br)c(Br)s1. The Labute approximate surface area is 141 Å². The second-order valence-corrected chi connectivity index (χ2v) is 8.06. The summed E-state index contributed by atoms with van der Waals surface area (Å²) in [7, 11) is 0. The van der Waals surface area contributed by atoms with Crippen LogP contribution in [0.3, 0.4) is 0 Å². The Balaban J connectivity index is 2.16. The molecule has 0 aliphatic rings. The van der Waals surface area contributed by atoms with Gasteiger partial charge in [-0.1, -0.05) is 13.0 Å². The number of pyridine rings is 1. The van der Waals surface area contributed by atoms with Crippen molar-refractivity contribution in [3.8, 4) is 0 Å². The molecule has 1 atom stereocenters. The quantitative estimate of drug-likeness (QED) is 0.693. The molecule has 0 saturated heterocycles. The Bertz CT molecular complexity index is 532. The molecule has 2 aromatic rings. The van der Waals surface area contributed by atoms with Crippen molar-refractivity contribution in [2.75, 3.05) is 6.54 Å². The van der Waals surface area contributed by atoms with Crippen molar-refractivity contribution < 1.29 is 0 Å². The van der Waals surface area contributed by atoms with Gasteiger partial charge in [0, 0.05) is 33.7 Å². The van der Waals surface area contributed by atoms with E-state index in [-0.39, 0.29) is 0 Å². The first-order valence-corrected chi connectivity index (χ1v) is 9.10. The van der Waals surface area contributed by atoms with E-state index in [9.17, 15) is 0 Å². The average Bonchev–Trinajstić information content (AvgIpc) is 2.77. The summed E-state index contributed by atoms with van der Waals surface area (Å²) in [4.78, 5) is 5.86. The van der Waals surface area contributed by atoms with Crippen LogP contribution in [0.5, 0.6) is 0 Å². The zero-order chi connectivity index (χ0) is 14.5. The molecule has 5 heteroatoms. The third-order valence-electron chi connectivity index (χ3n) is 3.03. The van der Waals surface area contributed by atoms with Crippen LogP contribution in [0.15, 0.2) is 32.7 Å². The van der Waals surface area contributed by atoms with Crippen molar-refractivity contribution >= 4 is 43.2 Å². The molecule has 2 aromatic heterocycles. The second kappa shape index (κ2) is 7.69. The minimum atomic E-state index is 0.317. The molecule has 108 valence electrons. The van der Waals surface area contributed by atoms with Crippen molar-refractivity contribution in [1.29, 1.82) is 0 Å². The van der Waals surface area contributed by atoms with Crippen LogP contribution in [0, 0.1) is 6.92 Å². The molecule has 1 N–H and O–H groups in total. The highest BCUT2D eigenvalue weighted by atomic mass is 79.9. The van der Waals surface area contributed by atoms with Gasteiger partial charge in [-0.3, -0.25) is 4.98 Å². The van der Waals surface area contributed by atoms with Crippen LogP contribution in [-0.2, 0) is 6.42 Å². The molecule has 2 rings (SSSR count). The normalized spacial score (nSPS) is 12.6. The van der Waals surface area contributed by atoms with Gasteiger partial charge in [0.05, 0.1) is 3.79 Å². The van der Waals surface area contributed by atoms with Crippen LogP contribution < -0.4 is 5.32 Å². The molecule has 20 heavy (non-hydrogen) atoms. The molecular formula is C15H18Br2N2S. The van der Waals surface area contributed by atoms with Gasteiger partial charge < -0.3 is 5.32 Å². The van der Waals surface area contributed by atoms with Gasteiger partial charge in [0.15, 0.2) is 0 Å². The number of thiophene rings is 1. The minimum Gasteiger partial charge on any atom is -0.309 e. The summed E-state index contributed by atoms with van der Waals surface area (Å²) >= 11 is 8.92. The van der Waals surface area contributed by atoms with Crippen LogP contribution in [0.25, 0.3) is 0 Å². The molecule has 1 unspecified atom stereocenters. The maximum absolute atomic E-state index is 4.52. The lowest BCUT2D eigenvalue weighted by molar-refractivity contribution is 0.531. The van der Waals surface area contributed by atoms with E-state index in [4.69, 9.17) is 0 Å². The van der Waals surface area contributed by atoms with Crippen LogP contribution in [0.2, 0.25) is 0 Å². The summed E-state index contributed by atoms with van der Waals surface area (Å²) in [6, 6.07) is 6.75. The number of nitrogens with zero attached hydrogens (tertiary/aromatic N) is 1. The highest BCUT2D eigenvalue weighted by Gasteiger charge is 2.16. The summed E-state index contributed by atoms with van der Waals surface area (Å²) in [5.41, 5.74) is 2.33. The molecule has 0 aliphatic carbocycles. The Kier molecular flexibility index (Phi) is 6.20. The molecule has 0 amide bonds. The van der Waals surface area contributed by atoms with Crippen LogP contribution in [0.1, 0.15) is 35.5 Å². The molecule has 2 heterocycles. The van der Waals surface area contributed by atoms with Gasteiger partial charge in [-0.2, -0.15) is 0 Å². The predicted molar refractivity (Wildman–Crippen MR) is 93.4 cm³/mol. The van der Waals surface area contributed by atoms with E-state index < -0.39 is 0 Å². The fraction of sp³-hybridized carbons (Fsp3) is 0.400. The summed E-state index contributed by atoms with van der Waals surface area (Å²) in [5.74, 6) is 0. The monoisotopic (exact) mass is 416 g/mol. The van der Waals surface area contributed by atoms with Gasteiger partial charge in [0.1, 0.15) is 0 Å². The van der Waals surface area contributed by atoms with Crippen LogP contribution in [0.4, 0.5) is 0 Å². The van der Waals surface area contributed by atoms with E-state index in [2.05, 4.69) is 74.2 Å². The van der Waals surface area contributed by atoms with Gasteiger partial charge in [0.2, 0.25) is 0 Å². The van der Waals surface area contributed by atoms with E-state index in [0.717, 1.165) is 33.3 Å². The fourth-order valence-electron chi connectivity index (χ4n) is 1.96. The van der Waals surface area contributed by atoms with Crippen molar-refractivity contribution in [3.63, 3.8) is 0 Å². The first-order valence-electron chi connectivity index (χ1n) is 6.69. The zero-order valence-electron chi connectivity index (χ0n) is 11.6. The summed E-state index contributed by atoms with van der Waals surface area (Å²) in [6.45, 7) is 5.27. The number of rotatable bonds is 6. The molecule has 0 aliphatic heterocycles. The standard InChI is InChI=1S/C15H18Br2N2S/c1-3-6-18-13(14-8-12(16)15(17)20-14)7-11-5-4-10(2)9-19-11/h4-5,8-9,13,18H,3,6-7H2,1-2H3. The molecule has 0 fully saturated rings. The number of hydrogen-bond acceptors (Lipinski definition) is 3. The minimum absolute atomic E-state index is 0.317. The average molecular weight is 418 g/mol. The van der Waals surface area contributed by atoms with Crippen LogP contribution >= 0.6 is 43.2 Å². The second-order valence-electron chi connectivity index (χ2n) is 4.81. The fourth-order valence-corrected chi connectivity index (χ4v) is 4.12. The van der Waals surface area contributed by atoms with E-state index >= 15 is 0 Å². The third kappa shape index (κ3) is 4.38. The van der Waals surface area contributed by atoms with Gasteiger partial charge in [-0.15, -0.1) is 11.3 Å². The Morgan fingerprint density at radius 3 is 2.70 bits per heavy atom. The lowest BCUT2D eigenvalue weighted by atomic mass is 10.1. The number of nitrogens with one attached hydrogen (secondary N) is 1. The lowest BCUT2D eigenvalue weighted by Crippen LogP contribution is -2.23. The van der Waals surface area contributed by atoms with E-state index in [1.807, 2.05) is 6.20 Å². The van der Waals surface area contributed by atoms with Crippen molar-refractivity contribution in [3.05, 3.63) is 48.8 Å². The highest BCUT2D eigenvalue weighted by Crippen LogP contribution is 2.36. The molecule has 2 nitrogen and oxygen atoms in total. The summed E-state index contributed by atoms with van der Waals surface area (Å²) < 4.78 is 2.27. The van der Waals surface area contributed by atoms with E-state index in [1.165, 1.54) is 10.4 Å². The van der Waals surface area contributed by atoms with Crippen molar-refractivity contribution in [1.82, 2.24) is 10.3 Å². The largest absolute Gasteiger partial charge is 0.309 e. The maximum atomic E-state index is 4.52. The smallest absolute Gasteiger partial charge is 0.0843 e. The van der Waals surface area contributed by atoms with Gasteiger partial charge in [0.25, 0.3) is 0 Å². The molecule has 0 spiro atoms. The first-order chi connectivity index (χ1) is 9.60. The van der Waals surface area contributed by atoms with Gasteiger partial charge >= 0.3 is 0 Å². The van der Waals surface area contributed by atoms with Crippen molar-refractivity contribution in [2.24, 2.45) is 0 Å². The molecule has 0 radical (unpaired) electrons. The number of halogens is 2. The topological polar surface area (TPSA) is 24.9 Å². The number of hydrogen-bond donors (Lipinski definition) is 1. The Morgan fingerprint density at radius 2 is 2.15 bits per heavy atom. The van der Waals surface area contributed by atoms with E-state index in [1.54, 1.807) is 11.3 Å². The molecule has 0 bridgehead atoms. The number of aromatic nitrogens is 1. The molecule has 0 aromatic carbocycles.